The van der Waals surface area contributed by atoms with Gasteiger partial charge in [0.05, 0.1) is 5.69 Å². The molecule has 7 heteroatoms. The second-order valence-electron chi connectivity index (χ2n) is 7.04. The van der Waals surface area contributed by atoms with Gasteiger partial charge in [0.2, 0.25) is 5.91 Å². The van der Waals surface area contributed by atoms with Crippen molar-refractivity contribution in [2.75, 3.05) is 57.3 Å². The Labute approximate surface area is 161 Å². The minimum Gasteiger partial charge on any atom is -0.506 e. The molecule has 2 aliphatic heterocycles. The number of nitrogens with zero attached hydrogens (tertiary/aromatic N) is 4. The van der Waals surface area contributed by atoms with Crippen molar-refractivity contribution in [1.82, 2.24) is 15.1 Å². The van der Waals surface area contributed by atoms with E-state index in [1.807, 2.05) is 23.1 Å². The number of nitrogens with one attached hydrogen (secondary N) is 1. The van der Waals surface area contributed by atoms with E-state index >= 15 is 0 Å². The van der Waals surface area contributed by atoms with E-state index in [1.54, 1.807) is 6.07 Å². The summed E-state index contributed by atoms with van der Waals surface area (Å²) in [5, 5.41) is 13.4. The number of para-hydroxylation sites is 2. The predicted molar refractivity (Wildman–Crippen MR) is 108 cm³/mol. The highest BCUT2D eigenvalue weighted by Crippen LogP contribution is 2.27. The van der Waals surface area contributed by atoms with Gasteiger partial charge in [-0.15, -0.1) is 0 Å². The summed E-state index contributed by atoms with van der Waals surface area (Å²) in [6, 6.07) is 7.50. The Morgan fingerprint density at radius 3 is 2.63 bits per heavy atom. The van der Waals surface area contributed by atoms with E-state index in [0.717, 1.165) is 76.8 Å². The summed E-state index contributed by atoms with van der Waals surface area (Å²) in [4.78, 5) is 22.9. The number of carbonyl (C=O) groups is 1. The van der Waals surface area contributed by atoms with E-state index in [-0.39, 0.29) is 5.91 Å². The molecule has 1 amide bonds. The molecule has 1 aromatic carbocycles. The van der Waals surface area contributed by atoms with Crippen molar-refractivity contribution < 1.29 is 9.90 Å². The standard InChI is InChI=1S/C20H31N5O2/c1-2-21-20(22-10-6-12-24-11-5-9-19(24)27)25-15-13-23(14-16-25)17-7-3-4-8-18(17)26/h3-4,7-8,26H,2,5-6,9-16H2,1H3,(H,21,22). The molecule has 27 heavy (non-hydrogen) atoms. The van der Waals surface area contributed by atoms with Crippen LogP contribution in [-0.4, -0.2) is 79.1 Å². The number of benzene rings is 1. The first-order valence-corrected chi connectivity index (χ1v) is 10.0. The Hall–Kier alpha value is -2.44. The van der Waals surface area contributed by atoms with E-state index in [9.17, 15) is 9.90 Å². The third-order valence-corrected chi connectivity index (χ3v) is 5.16. The molecule has 0 bridgehead atoms. The Kier molecular flexibility index (Phi) is 6.79. The molecule has 148 valence electrons. The van der Waals surface area contributed by atoms with Gasteiger partial charge in [0.15, 0.2) is 5.96 Å². The fraction of sp³-hybridized carbons (Fsp3) is 0.600. The molecule has 2 aliphatic rings. The predicted octanol–water partition coefficient (Wildman–Crippen LogP) is 1.49. The monoisotopic (exact) mass is 373 g/mol. The molecular weight excluding hydrogens is 342 g/mol. The normalized spacial score (nSPS) is 18.3. The zero-order valence-corrected chi connectivity index (χ0v) is 16.2. The summed E-state index contributed by atoms with van der Waals surface area (Å²) in [7, 11) is 0. The number of rotatable bonds is 6. The highest BCUT2D eigenvalue weighted by molar-refractivity contribution is 5.80. The molecule has 0 aliphatic carbocycles. The van der Waals surface area contributed by atoms with E-state index in [4.69, 9.17) is 4.99 Å². The fourth-order valence-corrected chi connectivity index (χ4v) is 3.70. The van der Waals surface area contributed by atoms with Crippen LogP contribution >= 0.6 is 0 Å². The summed E-state index contributed by atoms with van der Waals surface area (Å²) >= 11 is 0. The maximum Gasteiger partial charge on any atom is 0.222 e. The van der Waals surface area contributed by atoms with Gasteiger partial charge in [-0.05, 0) is 31.9 Å². The zero-order valence-electron chi connectivity index (χ0n) is 16.2. The number of guanidine groups is 1. The summed E-state index contributed by atoms with van der Waals surface area (Å²) < 4.78 is 0. The minimum absolute atomic E-state index is 0.283. The van der Waals surface area contributed by atoms with Crippen molar-refractivity contribution >= 4 is 17.6 Å². The molecule has 7 nitrogen and oxygen atoms in total. The summed E-state index contributed by atoms with van der Waals surface area (Å²) in [5.41, 5.74) is 0.898. The summed E-state index contributed by atoms with van der Waals surface area (Å²) in [5.74, 6) is 1.57. The molecule has 0 spiro atoms. The van der Waals surface area contributed by atoms with Crippen LogP contribution in [0.4, 0.5) is 5.69 Å². The van der Waals surface area contributed by atoms with Gasteiger partial charge < -0.3 is 25.1 Å². The number of piperazine rings is 1. The van der Waals surface area contributed by atoms with E-state index in [2.05, 4.69) is 22.0 Å². The largest absolute Gasteiger partial charge is 0.506 e. The second-order valence-corrected chi connectivity index (χ2v) is 7.04. The van der Waals surface area contributed by atoms with Crippen LogP contribution in [0.25, 0.3) is 0 Å². The highest BCUT2D eigenvalue weighted by Gasteiger charge is 2.22. The molecule has 0 saturated carbocycles. The maximum absolute atomic E-state index is 11.7. The number of carbonyl (C=O) groups excluding carboxylic acids is 1. The van der Waals surface area contributed by atoms with E-state index in [0.29, 0.717) is 12.2 Å². The molecular formula is C20H31N5O2. The molecule has 2 saturated heterocycles. The van der Waals surface area contributed by atoms with Crippen LogP contribution in [-0.2, 0) is 4.79 Å². The third-order valence-electron chi connectivity index (χ3n) is 5.16. The average Bonchev–Trinajstić information content (AvgIpc) is 3.10. The van der Waals surface area contributed by atoms with Gasteiger partial charge in [0.1, 0.15) is 5.75 Å². The molecule has 2 heterocycles. The molecule has 0 radical (unpaired) electrons. The number of aromatic hydroxyl groups is 1. The lowest BCUT2D eigenvalue weighted by Gasteiger charge is -2.37. The number of amides is 1. The maximum atomic E-state index is 11.7. The van der Waals surface area contributed by atoms with Crippen molar-refractivity contribution in [2.45, 2.75) is 26.2 Å². The Morgan fingerprint density at radius 1 is 1.19 bits per heavy atom. The molecule has 2 fully saturated rings. The Morgan fingerprint density at radius 2 is 1.96 bits per heavy atom. The van der Waals surface area contributed by atoms with Crippen LogP contribution in [0.2, 0.25) is 0 Å². The van der Waals surface area contributed by atoms with Crippen molar-refractivity contribution in [3.63, 3.8) is 0 Å². The van der Waals surface area contributed by atoms with Crippen LogP contribution in [0.15, 0.2) is 29.3 Å². The average molecular weight is 374 g/mol. The second kappa shape index (κ2) is 9.48. The number of phenols is 1. The quantitative estimate of drug-likeness (QED) is 0.449. The molecule has 0 aromatic heterocycles. The lowest BCUT2D eigenvalue weighted by molar-refractivity contribution is -0.127. The SMILES string of the molecule is CCNC(=NCCCN1CCCC1=O)N1CCN(c2ccccc2O)CC1. The van der Waals surface area contributed by atoms with Crippen LogP contribution in [0, 0.1) is 0 Å². The third kappa shape index (κ3) is 5.05. The van der Waals surface area contributed by atoms with Gasteiger partial charge in [-0.3, -0.25) is 9.79 Å². The smallest absolute Gasteiger partial charge is 0.222 e. The zero-order chi connectivity index (χ0) is 19.1. The van der Waals surface area contributed by atoms with Gasteiger partial charge in [-0.1, -0.05) is 12.1 Å². The fourth-order valence-electron chi connectivity index (χ4n) is 3.70. The minimum atomic E-state index is 0.283. The van der Waals surface area contributed by atoms with Crippen molar-refractivity contribution in [3.05, 3.63) is 24.3 Å². The number of anilines is 1. The first kappa shape index (κ1) is 19.3. The van der Waals surface area contributed by atoms with Crippen molar-refractivity contribution in [1.29, 1.82) is 0 Å². The lowest BCUT2D eigenvalue weighted by Crippen LogP contribution is -2.52. The topological polar surface area (TPSA) is 71.4 Å². The summed E-state index contributed by atoms with van der Waals surface area (Å²) in [6.45, 7) is 8.79. The van der Waals surface area contributed by atoms with Crippen molar-refractivity contribution in [2.24, 2.45) is 4.99 Å². The first-order valence-electron chi connectivity index (χ1n) is 10.0. The number of phenolic OH excluding ortho intramolecular Hbond substituents is 1. The number of hydrogen-bond donors (Lipinski definition) is 2. The lowest BCUT2D eigenvalue weighted by atomic mass is 10.2. The molecule has 3 rings (SSSR count). The van der Waals surface area contributed by atoms with Gasteiger partial charge >= 0.3 is 0 Å². The van der Waals surface area contributed by atoms with Crippen LogP contribution in [0.1, 0.15) is 26.2 Å². The van der Waals surface area contributed by atoms with Gasteiger partial charge in [-0.25, -0.2) is 0 Å². The molecule has 2 N–H and O–H groups in total. The van der Waals surface area contributed by atoms with E-state index in [1.165, 1.54) is 0 Å². The highest BCUT2D eigenvalue weighted by atomic mass is 16.3. The van der Waals surface area contributed by atoms with Crippen molar-refractivity contribution in [3.8, 4) is 5.75 Å². The molecule has 1 aromatic rings. The Bertz CT molecular complexity index is 656. The Balaban J connectivity index is 1.50. The summed E-state index contributed by atoms with van der Waals surface area (Å²) in [6.07, 6.45) is 2.59. The van der Waals surface area contributed by atoms with Crippen LogP contribution < -0.4 is 10.2 Å². The van der Waals surface area contributed by atoms with E-state index < -0.39 is 0 Å². The molecule has 0 unspecified atom stereocenters. The first-order chi connectivity index (χ1) is 13.2. The van der Waals surface area contributed by atoms with Gasteiger partial charge in [0, 0.05) is 58.8 Å². The number of hydrogen-bond acceptors (Lipinski definition) is 4. The van der Waals surface area contributed by atoms with Gasteiger partial charge in [0.25, 0.3) is 0 Å². The van der Waals surface area contributed by atoms with Crippen LogP contribution in [0.3, 0.4) is 0 Å². The molecule has 0 atom stereocenters. The van der Waals surface area contributed by atoms with Gasteiger partial charge in [-0.2, -0.15) is 0 Å². The number of aliphatic imine (C=N–C) groups is 1. The number of likely N-dealkylation sites (tertiary alicyclic amines) is 1. The van der Waals surface area contributed by atoms with Crippen LogP contribution in [0.5, 0.6) is 5.75 Å².